The van der Waals surface area contributed by atoms with Crippen molar-refractivity contribution in [2.75, 3.05) is 13.1 Å². The summed E-state index contributed by atoms with van der Waals surface area (Å²) in [6.45, 7) is 1.17. The monoisotopic (exact) mass is 533 g/mol. The highest BCUT2D eigenvalue weighted by Crippen LogP contribution is 2.43. The Morgan fingerprint density at radius 3 is 2.19 bits per heavy atom. The highest BCUT2D eigenvalue weighted by molar-refractivity contribution is 5.98. The van der Waals surface area contributed by atoms with E-state index < -0.39 is 47.3 Å². The smallest absolute Gasteiger partial charge is 0.490 e. The molecule has 1 saturated carbocycles. The van der Waals surface area contributed by atoms with Gasteiger partial charge in [-0.15, -0.1) is 0 Å². The minimum atomic E-state index is -5.39. The average Bonchev–Trinajstić information content (AvgIpc) is 3.65. The van der Waals surface area contributed by atoms with Gasteiger partial charge in [0.1, 0.15) is 17.7 Å². The Morgan fingerprint density at radius 2 is 1.59 bits per heavy atom. The number of para-hydroxylation sites is 1. The van der Waals surface area contributed by atoms with Crippen LogP contribution >= 0.6 is 0 Å². The van der Waals surface area contributed by atoms with Gasteiger partial charge in [0.2, 0.25) is 0 Å². The van der Waals surface area contributed by atoms with E-state index in [9.17, 15) is 40.3 Å². The second-order valence-electron chi connectivity index (χ2n) is 9.07. The number of likely N-dealkylation sites (tertiary alicyclic amines) is 1. The van der Waals surface area contributed by atoms with Crippen LogP contribution in [0.15, 0.2) is 36.4 Å². The Morgan fingerprint density at radius 1 is 0.946 bits per heavy atom. The van der Waals surface area contributed by atoms with Crippen molar-refractivity contribution in [3.63, 3.8) is 0 Å². The number of rotatable bonds is 6. The van der Waals surface area contributed by atoms with Crippen molar-refractivity contribution in [2.24, 2.45) is 0 Å². The molecule has 0 atom stereocenters. The fourth-order valence-corrected chi connectivity index (χ4v) is 4.31. The van der Waals surface area contributed by atoms with Gasteiger partial charge < -0.3 is 9.47 Å². The van der Waals surface area contributed by atoms with E-state index in [4.69, 9.17) is 4.74 Å². The molecule has 0 spiro atoms. The van der Waals surface area contributed by atoms with Crippen LogP contribution in [0, 0.1) is 5.82 Å². The third kappa shape index (κ3) is 6.60. The lowest BCUT2D eigenvalue weighted by atomic mass is 9.98. The van der Waals surface area contributed by atoms with Gasteiger partial charge in [-0.1, -0.05) is 12.1 Å². The van der Waals surface area contributed by atoms with E-state index in [0.717, 1.165) is 31.0 Å². The molecule has 0 bridgehead atoms. The lowest BCUT2D eigenvalue weighted by Crippen LogP contribution is -2.38. The summed E-state index contributed by atoms with van der Waals surface area (Å²) in [6.07, 6.45) is -8.02. The first-order valence-corrected chi connectivity index (χ1v) is 11.5. The van der Waals surface area contributed by atoms with E-state index in [0.29, 0.717) is 37.1 Å². The fraction of sp³-hybridized carbons (Fsp3) is 0.440. The average molecular weight is 533 g/mol. The second-order valence-corrected chi connectivity index (χ2v) is 9.07. The fourth-order valence-electron chi connectivity index (χ4n) is 4.31. The first-order chi connectivity index (χ1) is 17.3. The summed E-state index contributed by atoms with van der Waals surface area (Å²) in [5.41, 5.74) is -0.470. The highest BCUT2D eigenvalue weighted by atomic mass is 19.4. The summed E-state index contributed by atoms with van der Waals surface area (Å²) >= 11 is 0. The lowest BCUT2D eigenvalue weighted by molar-refractivity contribution is -0.193. The van der Waals surface area contributed by atoms with Crippen LogP contribution in [0.1, 0.15) is 58.6 Å². The van der Waals surface area contributed by atoms with E-state index in [1.807, 2.05) is 4.90 Å². The molecule has 0 aromatic heterocycles. The zero-order valence-corrected chi connectivity index (χ0v) is 19.3. The van der Waals surface area contributed by atoms with E-state index in [1.54, 1.807) is 0 Å². The van der Waals surface area contributed by atoms with Gasteiger partial charge in [0.15, 0.2) is 0 Å². The van der Waals surface area contributed by atoms with E-state index in [-0.39, 0.29) is 18.2 Å². The molecule has 4 rings (SSSR count). The van der Waals surface area contributed by atoms with Crippen LogP contribution in [0.2, 0.25) is 0 Å². The number of carbonyl (C=O) groups is 2. The zero-order chi connectivity index (χ0) is 27.0. The molecule has 1 aliphatic heterocycles. The minimum Gasteiger partial charge on any atom is -0.490 e. The molecular formula is C25H22F7NO4. The summed E-state index contributed by atoms with van der Waals surface area (Å²) in [4.78, 5) is 24.9. The third-order valence-electron chi connectivity index (χ3n) is 6.30. The predicted octanol–water partition coefficient (Wildman–Crippen LogP) is 6.01. The number of ether oxygens (including phenoxy) is 2. The lowest BCUT2D eigenvalue weighted by Gasteiger charge is -2.33. The van der Waals surface area contributed by atoms with Gasteiger partial charge in [0, 0.05) is 19.6 Å². The van der Waals surface area contributed by atoms with Crippen molar-refractivity contribution in [2.45, 2.75) is 56.6 Å². The van der Waals surface area contributed by atoms with Crippen LogP contribution in [0.4, 0.5) is 30.7 Å². The third-order valence-corrected chi connectivity index (χ3v) is 6.30. The number of esters is 2. The number of piperidine rings is 1. The van der Waals surface area contributed by atoms with Crippen LogP contribution in [0.3, 0.4) is 0 Å². The van der Waals surface area contributed by atoms with Crippen LogP contribution in [0.25, 0.3) is 0 Å². The van der Waals surface area contributed by atoms with Crippen LogP contribution < -0.4 is 4.74 Å². The van der Waals surface area contributed by atoms with Crippen molar-refractivity contribution in [1.82, 2.24) is 4.90 Å². The molecule has 0 amide bonds. The molecule has 2 aromatic carbocycles. The van der Waals surface area contributed by atoms with Crippen LogP contribution in [0.5, 0.6) is 5.75 Å². The van der Waals surface area contributed by atoms with Gasteiger partial charge >= 0.3 is 24.3 Å². The van der Waals surface area contributed by atoms with Gasteiger partial charge in [-0.2, -0.15) is 26.3 Å². The number of benzene rings is 2. The van der Waals surface area contributed by atoms with Gasteiger partial charge in [-0.3, -0.25) is 4.90 Å². The zero-order valence-electron chi connectivity index (χ0n) is 19.3. The maximum absolute atomic E-state index is 14.7. The Bertz CT molecular complexity index is 1170. The summed E-state index contributed by atoms with van der Waals surface area (Å²) in [6, 6.07) is 7.18. The molecular weight excluding hydrogens is 511 g/mol. The van der Waals surface area contributed by atoms with Crippen LogP contribution in [-0.4, -0.2) is 42.2 Å². The molecule has 200 valence electrons. The van der Waals surface area contributed by atoms with E-state index >= 15 is 0 Å². The Kier molecular flexibility index (Phi) is 7.50. The first-order valence-electron chi connectivity index (χ1n) is 11.5. The van der Waals surface area contributed by atoms with Crippen LogP contribution in [-0.2, 0) is 22.3 Å². The van der Waals surface area contributed by atoms with Crippen molar-refractivity contribution >= 4 is 11.9 Å². The van der Waals surface area contributed by atoms with Crippen molar-refractivity contribution in [1.29, 1.82) is 0 Å². The predicted molar refractivity (Wildman–Crippen MR) is 115 cm³/mol. The topological polar surface area (TPSA) is 55.8 Å². The summed E-state index contributed by atoms with van der Waals surface area (Å²) in [5, 5.41) is 0. The number of halogens is 7. The Labute approximate surface area is 207 Å². The molecule has 1 heterocycles. The van der Waals surface area contributed by atoms with Crippen molar-refractivity contribution < 1.29 is 49.8 Å². The standard InChI is InChI=1S/C25H22F7NO4/c26-20-11-15(17(14-5-6-14)12-18(20)22(34)37-23(35)25(30,31)32)13-33-9-7-16(8-10-33)36-21-4-2-1-3-19(21)24(27,28)29/h1-4,11-12,14,16H,5-10,13H2. The number of hydrogen-bond donors (Lipinski definition) is 0. The van der Waals surface area contributed by atoms with Gasteiger partial charge in [0.25, 0.3) is 0 Å². The maximum atomic E-state index is 14.7. The number of alkyl halides is 6. The first kappa shape index (κ1) is 26.9. The number of hydrogen-bond acceptors (Lipinski definition) is 5. The molecule has 0 unspecified atom stereocenters. The molecule has 2 fully saturated rings. The summed E-state index contributed by atoms with van der Waals surface area (Å²) in [5.74, 6) is -5.79. The Hall–Kier alpha value is -3.15. The molecule has 2 aromatic rings. The minimum absolute atomic E-state index is 0.000195. The van der Waals surface area contributed by atoms with Gasteiger partial charge in [0.05, 0.1) is 11.1 Å². The quantitative estimate of drug-likeness (QED) is 0.259. The Balaban J connectivity index is 1.41. The normalized spacial score (nSPS) is 17.5. The highest BCUT2D eigenvalue weighted by Gasteiger charge is 2.43. The molecule has 5 nitrogen and oxygen atoms in total. The maximum Gasteiger partial charge on any atom is 0.491 e. The molecule has 12 heteroatoms. The molecule has 2 aliphatic rings. The van der Waals surface area contributed by atoms with Crippen molar-refractivity contribution in [3.05, 3.63) is 64.5 Å². The molecule has 1 aliphatic carbocycles. The molecule has 37 heavy (non-hydrogen) atoms. The SMILES string of the molecule is O=C(OC(=O)C(F)(F)F)c1cc(C2CC2)c(CN2CCC(Oc3ccccc3C(F)(F)F)CC2)cc1F. The van der Waals surface area contributed by atoms with E-state index in [1.165, 1.54) is 18.2 Å². The molecule has 1 saturated heterocycles. The van der Waals surface area contributed by atoms with Gasteiger partial charge in [-0.05, 0) is 67.0 Å². The van der Waals surface area contributed by atoms with Gasteiger partial charge in [-0.25, -0.2) is 14.0 Å². The summed E-state index contributed by atoms with van der Waals surface area (Å²) in [7, 11) is 0. The molecule has 0 radical (unpaired) electrons. The summed E-state index contributed by atoms with van der Waals surface area (Å²) < 4.78 is 101. The molecule has 0 N–H and O–H groups in total. The largest absolute Gasteiger partial charge is 0.491 e. The number of nitrogens with zero attached hydrogens (tertiary/aromatic N) is 1. The second kappa shape index (κ2) is 10.3. The van der Waals surface area contributed by atoms with Crippen molar-refractivity contribution in [3.8, 4) is 5.75 Å². The number of carbonyl (C=O) groups excluding carboxylic acids is 2. The van der Waals surface area contributed by atoms with E-state index in [2.05, 4.69) is 4.74 Å².